The van der Waals surface area contributed by atoms with Gasteiger partial charge in [-0.1, -0.05) is 18.1 Å². The van der Waals surface area contributed by atoms with Gasteiger partial charge in [-0.15, -0.1) is 6.42 Å². The Hall–Kier alpha value is -4.27. The van der Waals surface area contributed by atoms with Gasteiger partial charge in [-0.05, 0) is 55.8 Å². The zero-order valence-corrected chi connectivity index (χ0v) is 24.6. The first kappa shape index (κ1) is 27.1. The number of terminal acetylenes is 1. The second-order valence-corrected chi connectivity index (χ2v) is 13.1. The van der Waals surface area contributed by atoms with Crippen LogP contribution in [0.25, 0.3) is 32.9 Å². The fourth-order valence-electron chi connectivity index (χ4n) is 8.53. The number of halogens is 2. The Bertz CT molecular complexity index is 1930. The number of fused-ring (bicyclic) bond motifs is 7. The maximum atomic E-state index is 17.0. The van der Waals surface area contributed by atoms with E-state index in [1.54, 1.807) is 18.2 Å². The van der Waals surface area contributed by atoms with E-state index >= 15 is 4.39 Å². The van der Waals surface area contributed by atoms with Crippen LogP contribution in [0.5, 0.6) is 17.6 Å². The number of aromatic hydroxyl groups is 1. The van der Waals surface area contributed by atoms with E-state index in [0.717, 1.165) is 32.2 Å². The molecule has 4 saturated heterocycles. The summed E-state index contributed by atoms with van der Waals surface area (Å²) in [7, 11) is 0. The molecular weight excluding hydrogens is 578 g/mol. The molecule has 230 valence electrons. The highest BCUT2D eigenvalue weighted by Crippen LogP contribution is 2.45. The van der Waals surface area contributed by atoms with Crippen molar-refractivity contribution in [2.45, 2.75) is 61.9 Å². The molecule has 0 saturated carbocycles. The highest BCUT2D eigenvalue weighted by atomic mass is 19.1. The van der Waals surface area contributed by atoms with Gasteiger partial charge in [0.05, 0.1) is 11.6 Å². The van der Waals surface area contributed by atoms with Crippen LogP contribution < -0.4 is 19.7 Å². The van der Waals surface area contributed by atoms with E-state index in [1.807, 2.05) is 6.07 Å². The van der Waals surface area contributed by atoms with Crippen molar-refractivity contribution in [1.29, 1.82) is 0 Å². The van der Waals surface area contributed by atoms with E-state index in [2.05, 4.69) is 26.0 Å². The van der Waals surface area contributed by atoms with Crippen molar-refractivity contribution in [1.82, 2.24) is 25.2 Å². The molecule has 5 atom stereocenters. The summed E-state index contributed by atoms with van der Waals surface area (Å²) in [6.07, 6.45) is 9.21. The number of benzene rings is 2. The highest BCUT2D eigenvalue weighted by molar-refractivity contribution is 6.04. The van der Waals surface area contributed by atoms with Crippen LogP contribution in [0, 0.1) is 18.2 Å². The molecule has 2 aromatic carbocycles. The molecule has 2 bridgehead atoms. The molecule has 45 heavy (non-hydrogen) atoms. The third kappa shape index (κ3) is 4.08. The molecule has 0 amide bonds. The molecule has 2 N–H and O–H groups in total. The van der Waals surface area contributed by atoms with Gasteiger partial charge >= 0.3 is 6.01 Å². The molecule has 5 aliphatic rings. The molecule has 9 rings (SSSR count). The van der Waals surface area contributed by atoms with E-state index in [1.165, 1.54) is 6.07 Å². The summed E-state index contributed by atoms with van der Waals surface area (Å²) in [6, 6.07) is 8.91. The lowest BCUT2D eigenvalue weighted by atomic mass is 9.95. The number of aromatic nitrogens is 3. The lowest BCUT2D eigenvalue weighted by Gasteiger charge is -2.40. The van der Waals surface area contributed by atoms with Crippen molar-refractivity contribution in [3.8, 4) is 41.2 Å². The number of anilines is 1. The average Bonchev–Trinajstić information content (AvgIpc) is 3.67. The lowest BCUT2D eigenvalue weighted by Crippen LogP contribution is -2.60. The molecule has 0 unspecified atom stereocenters. The third-order valence-electron chi connectivity index (χ3n) is 10.5. The first-order valence-corrected chi connectivity index (χ1v) is 15.7. The lowest BCUT2D eigenvalue weighted by molar-refractivity contribution is 0.107. The summed E-state index contributed by atoms with van der Waals surface area (Å²) >= 11 is 0. The Morgan fingerprint density at radius 3 is 2.98 bits per heavy atom. The van der Waals surface area contributed by atoms with E-state index < -0.39 is 17.5 Å². The van der Waals surface area contributed by atoms with E-state index in [4.69, 9.17) is 25.9 Å². The van der Waals surface area contributed by atoms with Gasteiger partial charge < -0.3 is 24.8 Å². The minimum Gasteiger partial charge on any atom is -0.508 e. The van der Waals surface area contributed by atoms with Crippen LogP contribution in [0.3, 0.4) is 0 Å². The molecule has 5 aliphatic heterocycles. The Morgan fingerprint density at radius 1 is 1.18 bits per heavy atom. The van der Waals surface area contributed by atoms with Crippen LogP contribution in [0.2, 0.25) is 0 Å². The second kappa shape index (κ2) is 9.86. The first-order valence-electron chi connectivity index (χ1n) is 15.7. The first-order chi connectivity index (χ1) is 21.9. The van der Waals surface area contributed by atoms with Crippen LogP contribution in [-0.2, 0) is 0 Å². The fourth-order valence-corrected chi connectivity index (χ4v) is 8.53. The molecule has 4 fully saturated rings. The summed E-state index contributed by atoms with van der Waals surface area (Å²) in [6.45, 7) is 2.47. The zero-order valence-electron chi connectivity index (χ0n) is 24.6. The van der Waals surface area contributed by atoms with Crippen molar-refractivity contribution >= 4 is 27.5 Å². The largest absolute Gasteiger partial charge is 0.508 e. The number of ether oxygens (including phenoxy) is 2. The molecule has 9 nitrogen and oxygen atoms in total. The maximum Gasteiger partial charge on any atom is 0.319 e. The molecule has 2 aromatic heterocycles. The van der Waals surface area contributed by atoms with Crippen LogP contribution in [0.4, 0.5) is 14.6 Å². The number of pyridine rings is 1. The SMILES string of the molecule is C#Cc1cccc2cc(O)cc(-c3nc4c5c(nc(OC[C@@]67CCCN6C[C@H](F)C7)nc5c3F)N3C[C@H]5CC[C@H](N5)[C@@H]3CO4)c12. The number of phenolic OH excluding ortho intramolecular Hbond substituents is 1. The number of alkyl halides is 1. The molecule has 0 radical (unpaired) electrons. The van der Waals surface area contributed by atoms with Crippen LogP contribution in [0.1, 0.15) is 37.7 Å². The van der Waals surface area contributed by atoms with Crippen LogP contribution in [-0.4, -0.2) is 87.6 Å². The van der Waals surface area contributed by atoms with E-state index in [9.17, 15) is 9.50 Å². The smallest absolute Gasteiger partial charge is 0.319 e. The van der Waals surface area contributed by atoms with Crippen molar-refractivity contribution in [2.75, 3.05) is 37.7 Å². The topological polar surface area (TPSA) is 95.9 Å². The number of rotatable bonds is 4. The minimum atomic E-state index is -0.899. The normalized spacial score (nSPS) is 28.5. The Labute approximate surface area is 258 Å². The number of hydrogen-bond donors (Lipinski definition) is 2. The summed E-state index contributed by atoms with van der Waals surface area (Å²) < 4.78 is 44.2. The summed E-state index contributed by atoms with van der Waals surface area (Å²) in [4.78, 5) is 18.7. The predicted octanol–water partition coefficient (Wildman–Crippen LogP) is 4.33. The Kier molecular flexibility index (Phi) is 5.93. The summed E-state index contributed by atoms with van der Waals surface area (Å²) in [5.41, 5.74) is 0.457. The van der Waals surface area contributed by atoms with Gasteiger partial charge in [-0.2, -0.15) is 9.97 Å². The standard InChI is InChI=1S/C34H32F2N6O3/c1-2-18-5-3-6-19-11-22(43)12-23(26(18)19)29-28(36)30-27-31(42-15-21-7-8-24(37-21)25(42)16-44-32(27)38-29)40-33(39-30)45-17-34-9-4-10-41(34)14-20(35)13-34/h1,3,5-6,11-12,20-21,24-25,37,43H,4,7-10,13-17H2/t20-,21-,24+,25+,34+/m1/s1. The van der Waals surface area contributed by atoms with Crippen molar-refractivity contribution in [3.05, 3.63) is 41.7 Å². The van der Waals surface area contributed by atoms with E-state index in [0.29, 0.717) is 59.2 Å². The number of nitrogens with one attached hydrogen (secondary N) is 1. The second-order valence-electron chi connectivity index (χ2n) is 13.1. The van der Waals surface area contributed by atoms with E-state index in [-0.39, 0.29) is 53.6 Å². The van der Waals surface area contributed by atoms with Gasteiger partial charge in [-0.25, -0.2) is 13.8 Å². The van der Waals surface area contributed by atoms with Crippen molar-refractivity contribution in [2.24, 2.45) is 0 Å². The maximum absolute atomic E-state index is 17.0. The Morgan fingerprint density at radius 2 is 2.09 bits per heavy atom. The number of piperazine rings is 1. The van der Waals surface area contributed by atoms with Gasteiger partial charge in [0.25, 0.3) is 0 Å². The highest BCUT2D eigenvalue weighted by Gasteiger charge is 2.50. The predicted molar refractivity (Wildman–Crippen MR) is 165 cm³/mol. The molecule has 0 aliphatic carbocycles. The molecule has 7 heterocycles. The minimum absolute atomic E-state index is 0.0202. The van der Waals surface area contributed by atoms with Gasteiger partial charge in [0.2, 0.25) is 5.88 Å². The average molecular weight is 611 g/mol. The van der Waals surface area contributed by atoms with Gasteiger partial charge in [0.15, 0.2) is 5.82 Å². The van der Waals surface area contributed by atoms with Gasteiger partial charge in [0, 0.05) is 48.1 Å². The van der Waals surface area contributed by atoms with Crippen LogP contribution in [0.15, 0.2) is 30.3 Å². The van der Waals surface area contributed by atoms with Crippen molar-refractivity contribution < 1.29 is 23.4 Å². The summed E-state index contributed by atoms with van der Waals surface area (Å²) in [5, 5.41) is 16.0. The monoisotopic (exact) mass is 610 g/mol. The van der Waals surface area contributed by atoms with Gasteiger partial charge in [-0.3, -0.25) is 4.90 Å². The molecule has 11 heteroatoms. The number of nitrogens with zero attached hydrogens (tertiary/aromatic N) is 5. The third-order valence-corrected chi connectivity index (χ3v) is 10.5. The number of phenols is 1. The fraction of sp³-hybridized carbons (Fsp3) is 0.441. The summed E-state index contributed by atoms with van der Waals surface area (Å²) in [5.74, 6) is 2.70. The molecular formula is C34H32F2N6O3. The van der Waals surface area contributed by atoms with Gasteiger partial charge in [0.1, 0.15) is 47.5 Å². The number of hydrogen-bond acceptors (Lipinski definition) is 9. The quantitative estimate of drug-likeness (QED) is 0.328. The Balaban J connectivity index is 1.24. The zero-order chi connectivity index (χ0) is 30.4. The molecule has 4 aromatic rings. The van der Waals surface area contributed by atoms with Crippen LogP contribution >= 0.6 is 0 Å². The molecule has 0 spiro atoms. The van der Waals surface area contributed by atoms with Crippen molar-refractivity contribution in [3.63, 3.8) is 0 Å².